The Morgan fingerprint density at radius 2 is 2.18 bits per heavy atom. The molecule has 0 bridgehead atoms. The molecule has 0 aliphatic rings. The van der Waals surface area contributed by atoms with E-state index in [2.05, 4.69) is 0 Å². The lowest BCUT2D eigenvalue weighted by Crippen LogP contribution is -2.04. The third kappa shape index (κ3) is 2.87. The second kappa shape index (κ2) is 4.90. The van der Waals surface area contributed by atoms with Crippen molar-refractivity contribution in [2.45, 2.75) is 19.5 Å². The summed E-state index contributed by atoms with van der Waals surface area (Å²) in [7, 11) is 0. The Kier molecular flexibility index (Phi) is 3.50. The van der Waals surface area contributed by atoms with Crippen LogP contribution in [0.25, 0.3) is 0 Å². The fourth-order valence-corrected chi connectivity index (χ4v) is 1.88. The van der Waals surface area contributed by atoms with Crippen LogP contribution in [0.5, 0.6) is 0 Å². The first-order valence-corrected chi connectivity index (χ1v) is 5.79. The molecule has 0 radical (unpaired) electrons. The van der Waals surface area contributed by atoms with E-state index in [0.717, 1.165) is 5.56 Å². The third-order valence-electron chi connectivity index (χ3n) is 2.66. The van der Waals surface area contributed by atoms with Crippen LogP contribution in [0.3, 0.4) is 0 Å². The maximum atomic E-state index is 13.5. The molecule has 2 rings (SSSR count). The highest BCUT2D eigenvalue weighted by Crippen LogP contribution is 2.17. The van der Waals surface area contributed by atoms with Gasteiger partial charge < -0.3 is 10.3 Å². The van der Waals surface area contributed by atoms with Gasteiger partial charge in [-0.05, 0) is 36.8 Å². The van der Waals surface area contributed by atoms with Crippen LogP contribution in [-0.4, -0.2) is 4.57 Å². The largest absolute Gasteiger partial charge is 0.349 e. The van der Waals surface area contributed by atoms with Crippen molar-refractivity contribution in [3.05, 3.63) is 58.6 Å². The molecule has 1 atom stereocenters. The summed E-state index contributed by atoms with van der Waals surface area (Å²) in [5.74, 6) is -0.245. The van der Waals surface area contributed by atoms with Gasteiger partial charge in [-0.2, -0.15) is 0 Å². The van der Waals surface area contributed by atoms with E-state index >= 15 is 0 Å². The van der Waals surface area contributed by atoms with E-state index in [9.17, 15) is 4.39 Å². The molecule has 0 saturated carbocycles. The summed E-state index contributed by atoms with van der Waals surface area (Å²) < 4.78 is 15.4. The van der Waals surface area contributed by atoms with Crippen molar-refractivity contribution in [2.24, 2.45) is 5.73 Å². The molecule has 0 aliphatic carbocycles. The van der Waals surface area contributed by atoms with Crippen LogP contribution in [0.15, 0.2) is 36.7 Å². The third-order valence-corrected chi connectivity index (χ3v) is 2.89. The zero-order valence-corrected chi connectivity index (χ0v) is 10.3. The maximum Gasteiger partial charge on any atom is 0.128 e. The molecule has 2 N–H and O–H groups in total. The second-order valence-electron chi connectivity index (χ2n) is 4.14. The van der Waals surface area contributed by atoms with Crippen LogP contribution in [0, 0.1) is 5.82 Å². The van der Waals surface area contributed by atoms with E-state index < -0.39 is 0 Å². The Balaban J connectivity index is 2.22. The molecule has 90 valence electrons. The van der Waals surface area contributed by atoms with E-state index in [0.29, 0.717) is 17.1 Å². The summed E-state index contributed by atoms with van der Waals surface area (Å²) in [6.45, 7) is 2.37. The Hall–Kier alpha value is -1.32. The molecule has 4 heteroatoms. The number of benzene rings is 1. The molecule has 1 unspecified atom stereocenters. The Morgan fingerprint density at radius 1 is 1.41 bits per heavy atom. The minimum atomic E-state index is -0.245. The number of hydrogen-bond donors (Lipinski definition) is 1. The molecule has 0 saturated heterocycles. The minimum Gasteiger partial charge on any atom is -0.349 e. The first kappa shape index (κ1) is 12.1. The van der Waals surface area contributed by atoms with Crippen molar-refractivity contribution >= 4 is 11.6 Å². The summed E-state index contributed by atoms with van der Waals surface area (Å²) in [4.78, 5) is 0. The summed E-state index contributed by atoms with van der Waals surface area (Å²) in [6.07, 6.45) is 3.81. The van der Waals surface area contributed by atoms with Gasteiger partial charge in [-0.25, -0.2) is 4.39 Å². The van der Waals surface area contributed by atoms with Crippen LogP contribution in [0.2, 0.25) is 5.02 Å². The highest BCUT2D eigenvalue weighted by Gasteiger charge is 2.06. The first-order valence-electron chi connectivity index (χ1n) is 5.41. The van der Waals surface area contributed by atoms with Gasteiger partial charge in [0.1, 0.15) is 5.82 Å². The summed E-state index contributed by atoms with van der Waals surface area (Å²) in [6, 6.07) is 6.49. The second-order valence-corrected chi connectivity index (χ2v) is 4.58. The highest BCUT2D eigenvalue weighted by molar-refractivity contribution is 6.30. The van der Waals surface area contributed by atoms with Crippen LogP contribution < -0.4 is 5.73 Å². The maximum absolute atomic E-state index is 13.5. The summed E-state index contributed by atoms with van der Waals surface area (Å²) in [5.41, 5.74) is 7.37. The van der Waals surface area contributed by atoms with Gasteiger partial charge in [-0.1, -0.05) is 11.6 Å². The van der Waals surface area contributed by atoms with Gasteiger partial charge >= 0.3 is 0 Å². The van der Waals surface area contributed by atoms with Crippen molar-refractivity contribution < 1.29 is 4.39 Å². The summed E-state index contributed by atoms with van der Waals surface area (Å²) in [5, 5.41) is 0.543. The molecule has 17 heavy (non-hydrogen) atoms. The zero-order chi connectivity index (χ0) is 12.4. The molecule has 1 heterocycles. The predicted octanol–water partition coefficient (Wildman–Crippen LogP) is 3.35. The number of rotatable bonds is 3. The fourth-order valence-electron chi connectivity index (χ4n) is 1.69. The molecule has 2 aromatic rings. The van der Waals surface area contributed by atoms with Crippen LogP contribution in [0.4, 0.5) is 4.39 Å². The van der Waals surface area contributed by atoms with E-state index in [4.69, 9.17) is 17.3 Å². The van der Waals surface area contributed by atoms with Crippen LogP contribution in [-0.2, 0) is 6.54 Å². The molecule has 1 aromatic carbocycles. The Morgan fingerprint density at radius 3 is 2.82 bits per heavy atom. The van der Waals surface area contributed by atoms with Gasteiger partial charge in [0, 0.05) is 35.6 Å². The smallest absolute Gasteiger partial charge is 0.128 e. The Bertz CT molecular complexity index is 520. The van der Waals surface area contributed by atoms with E-state index in [1.165, 1.54) is 6.07 Å². The quantitative estimate of drug-likeness (QED) is 0.892. The zero-order valence-electron chi connectivity index (χ0n) is 9.53. The van der Waals surface area contributed by atoms with Gasteiger partial charge in [0.15, 0.2) is 0 Å². The van der Waals surface area contributed by atoms with Gasteiger partial charge in [0.05, 0.1) is 0 Å². The molecular formula is C13H14ClFN2. The van der Waals surface area contributed by atoms with Gasteiger partial charge in [0.25, 0.3) is 0 Å². The fraction of sp³-hybridized carbons (Fsp3) is 0.231. The highest BCUT2D eigenvalue weighted by atomic mass is 35.5. The number of aromatic nitrogens is 1. The standard InChI is InChI=1S/C13H14ClFN2/c1-9(16)10-4-5-17(7-10)8-11-6-12(14)2-3-13(11)15/h2-7,9H,8,16H2,1H3. The van der Waals surface area contributed by atoms with Crippen molar-refractivity contribution in [1.82, 2.24) is 4.57 Å². The lowest BCUT2D eigenvalue weighted by Gasteiger charge is -2.06. The molecular weight excluding hydrogens is 239 g/mol. The molecule has 0 amide bonds. The SMILES string of the molecule is CC(N)c1ccn(Cc2cc(Cl)ccc2F)c1. The van der Waals surface area contributed by atoms with Crippen LogP contribution in [0.1, 0.15) is 24.1 Å². The van der Waals surface area contributed by atoms with Gasteiger partial charge in [0.2, 0.25) is 0 Å². The lowest BCUT2D eigenvalue weighted by atomic mass is 10.2. The number of nitrogens with zero attached hydrogens (tertiary/aromatic N) is 1. The normalized spacial score (nSPS) is 12.7. The molecule has 0 aliphatic heterocycles. The first-order chi connectivity index (χ1) is 8.06. The van der Waals surface area contributed by atoms with E-state index in [1.807, 2.05) is 30.0 Å². The Labute approximate surface area is 105 Å². The molecule has 0 spiro atoms. The summed E-state index contributed by atoms with van der Waals surface area (Å²) >= 11 is 5.84. The predicted molar refractivity (Wildman–Crippen MR) is 67.5 cm³/mol. The average molecular weight is 253 g/mol. The topological polar surface area (TPSA) is 30.9 Å². The molecule has 0 fully saturated rings. The van der Waals surface area contributed by atoms with Crippen molar-refractivity contribution in [2.75, 3.05) is 0 Å². The van der Waals surface area contributed by atoms with Crippen molar-refractivity contribution in [1.29, 1.82) is 0 Å². The average Bonchev–Trinajstić information content (AvgIpc) is 2.72. The molecule has 2 nitrogen and oxygen atoms in total. The van der Waals surface area contributed by atoms with Crippen molar-refractivity contribution in [3.8, 4) is 0 Å². The number of nitrogens with two attached hydrogens (primary N) is 1. The van der Waals surface area contributed by atoms with E-state index in [-0.39, 0.29) is 11.9 Å². The van der Waals surface area contributed by atoms with Gasteiger partial charge in [-0.15, -0.1) is 0 Å². The van der Waals surface area contributed by atoms with Crippen LogP contribution >= 0.6 is 11.6 Å². The van der Waals surface area contributed by atoms with Crippen molar-refractivity contribution in [3.63, 3.8) is 0 Å². The monoisotopic (exact) mass is 252 g/mol. The van der Waals surface area contributed by atoms with Gasteiger partial charge in [-0.3, -0.25) is 0 Å². The minimum absolute atomic E-state index is 0.0135. The molecule has 1 aromatic heterocycles. The number of halogens is 2. The lowest BCUT2D eigenvalue weighted by molar-refractivity contribution is 0.599. The van der Waals surface area contributed by atoms with E-state index in [1.54, 1.807) is 12.1 Å². The number of hydrogen-bond acceptors (Lipinski definition) is 1.